The molecule has 4 nitrogen and oxygen atoms in total. The lowest BCUT2D eigenvalue weighted by Gasteiger charge is -2.29. The number of aliphatic hydroxyl groups is 1. The van der Waals surface area contributed by atoms with E-state index in [1.807, 2.05) is 30.3 Å². The predicted molar refractivity (Wildman–Crippen MR) is 115 cm³/mol. The van der Waals surface area contributed by atoms with E-state index in [9.17, 15) is 14.6 Å². The fourth-order valence-corrected chi connectivity index (χ4v) is 3.44. The van der Waals surface area contributed by atoms with Crippen molar-refractivity contribution in [3.05, 3.63) is 94.8 Å². The molecule has 0 aliphatic carbocycles. The van der Waals surface area contributed by atoms with E-state index in [0.29, 0.717) is 30.3 Å². The van der Waals surface area contributed by atoms with Crippen LogP contribution in [-0.2, 0) is 6.54 Å². The molecule has 0 aliphatic rings. The molecule has 0 amide bonds. The van der Waals surface area contributed by atoms with Gasteiger partial charge in [0.2, 0.25) is 0 Å². The van der Waals surface area contributed by atoms with Crippen molar-refractivity contribution >= 4 is 17.3 Å². The van der Waals surface area contributed by atoms with Crippen LogP contribution >= 0.6 is 11.6 Å². The molecular weight excluding hydrogens is 391 g/mol. The Morgan fingerprint density at radius 3 is 2.38 bits per heavy atom. The maximum Gasteiger partial charge on any atom is 0.123 e. The van der Waals surface area contributed by atoms with Crippen molar-refractivity contribution in [2.45, 2.75) is 12.6 Å². The van der Waals surface area contributed by atoms with Gasteiger partial charge in [0, 0.05) is 25.7 Å². The molecule has 0 aromatic heterocycles. The van der Waals surface area contributed by atoms with Crippen LogP contribution < -0.4 is 5.32 Å². The van der Waals surface area contributed by atoms with Crippen LogP contribution in [0, 0.1) is 5.82 Å². The number of hydrogen-bond donors (Lipinski definition) is 3. The van der Waals surface area contributed by atoms with Crippen LogP contribution in [0.3, 0.4) is 0 Å². The quantitative estimate of drug-likeness (QED) is 0.439. The van der Waals surface area contributed by atoms with Gasteiger partial charge in [-0.2, -0.15) is 0 Å². The molecule has 0 spiro atoms. The van der Waals surface area contributed by atoms with Gasteiger partial charge in [-0.05, 0) is 35.4 Å². The first-order valence-corrected chi connectivity index (χ1v) is 9.80. The van der Waals surface area contributed by atoms with Crippen molar-refractivity contribution in [3.8, 4) is 5.75 Å². The van der Waals surface area contributed by atoms with Crippen LogP contribution in [0.4, 0.5) is 10.1 Å². The van der Waals surface area contributed by atoms with Gasteiger partial charge in [0.15, 0.2) is 0 Å². The van der Waals surface area contributed by atoms with Crippen molar-refractivity contribution in [3.63, 3.8) is 0 Å². The Morgan fingerprint density at radius 2 is 1.72 bits per heavy atom. The van der Waals surface area contributed by atoms with Gasteiger partial charge in [0.25, 0.3) is 0 Å². The zero-order valence-corrected chi connectivity index (χ0v) is 16.7. The monoisotopic (exact) mass is 414 g/mol. The summed E-state index contributed by atoms with van der Waals surface area (Å²) in [6.45, 7) is 1.77. The van der Waals surface area contributed by atoms with Crippen LogP contribution in [-0.4, -0.2) is 34.8 Å². The molecule has 152 valence electrons. The van der Waals surface area contributed by atoms with Crippen molar-refractivity contribution in [1.82, 2.24) is 4.90 Å². The molecule has 0 saturated carbocycles. The summed E-state index contributed by atoms with van der Waals surface area (Å²) in [4.78, 5) is 2.13. The average molecular weight is 415 g/mol. The first kappa shape index (κ1) is 21.1. The molecule has 0 heterocycles. The van der Waals surface area contributed by atoms with Gasteiger partial charge < -0.3 is 15.5 Å². The number of phenols is 1. The molecule has 0 radical (unpaired) electrons. The molecule has 0 fully saturated rings. The first-order valence-electron chi connectivity index (χ1n) is 9.43. The summed E-state index contributed by atoms with van der Waals surface area (Å²) in [6.07, 6.45) is 0. The Balaban J connectivity index is 1.85. The Morgan fingerprint density at radius 1 is 1.00 bits per heavy atom. The predicted octanol–water partition coefficient (Wildman–Crippen LogP) is 4.83. The Bertz CT molecular complexity index is 907. The molecule has 3 N–H and O–H groups in total. The normalized spacial score (nSPS) is 12.1. The largest absolute Gasteiger partial charge is 0.508 e. The van der Waals surface area contributed by atoms with Gasteiger partial charge >= 0.3 is 0 Å². The highest BCUT2D eigenvalue weighted by Gasteiger charge is 2.18. The van der Waals surface area contributed by atoms with Gasteiger partial charge in [0.1, 0.15) is 11.6 Å². The zero-order valence-electron chi connectivity index (χ0n) is 15.9. The number of nitrogens with one attached hydrogen (secondary N) is 1. The molecule has 3 aromatic carbocycles. The number of nitrogens with zero attached hydrogens (tertiary/aromatic N) is 1. The maximum absolute atomic E-state index is 13.4. The fourth-order valence-electron chi connectivity index (χ4n) is 3.21. The number of anilines is 1. The number of aromatic hydroxyl groups is 1. The van der Waals surface area contributed by atoms with Gasteiger partial charge in [-0.25, -0.2) is 4.39 Å². The summed E-state index contributed by atoms with van der Waals surface area (Å²) < 4.78 is 13.4. The van der Waals surface area contributed by atoms with E-state index in [2.05, 4.69) is 10.2 Å². The standard InChI is InChI=1S/C23H24ClFN2O2/c24-21-14-20(29)10-11-22(21)26-23(18-6-8-19(25)9-7-18)16-27(12-13-28)15-17-4-2-1-3-5-17/h1-11,14,23,26,28-29H,12-13,15-16H2/t23-/m0/s1. The second-order valence-corrected chi connectivity index (χ2v) is 7.26. The summed E-state index contributed by atoms with van der Waals surface area (Å²) in [5, 5.41) is 22.9. The summed E-state index contributed by atoms with van der Waals surface area (Å²) >= 11 is 6.28. The van der Waals surface area contributed by atoms with Crippen LogP contribution in [0.1, 0.15) is 17.2 Å². The van der Waals surface area contributed by atoms with Crippen LogP contribution in [0.15, 0.2) is 72.8 Å². The molecule has 1 atom stereocenters. The van der Waals surface area contributed by atoms with Crippen molar-refractivity contribution in [2.75, 3.05) is 25.0 Å². The van der Waals surface area contributed by atoms with Crippen LogP contribution in [0.25, 0.3) is 0 Å². The van der Waals surface area contributed by atoms with Gasteiger partial charge in [-0.3, -0.25) is 4.90 Å². The van der Waals surface area contributed by atoms with E-state index in [1.165, 1.54) is 18.2 Å². The van der Waals surface area contributed by atoms with Crippen molar-refractivity contribution < 1.29 is 14.6 Å². The van der Waals surface area contributed by atoms with Gasteiger partial charge in [-0.15, -0.1) is 0 Å². The van der Waals surface area contributed by atoms with E-state index < -0.39 is 0 Å². The molecule has 0 saturated heterocycles. The molecule has 0 unspecified atom stereocenters. The Labute approximate surface area is 175 Å². The van der Waals surface area contributed by atoms with E-state index in [0.717, 1.165) is 11.1 Å². The van der Waals surface area contributed by atoms with Gasteiger partial charge in [-0.1, -0.05) is 54.1 Å². The lowest BCUT2D eigenvalue weighted by atomic mass is 10.0. The number of aliphatic hydroxyl groups excluding tert-OH is 1. The molecule has 6 heteroatoms. The molecular formula is C23H24ClFN2O2. The Kier molecular flexibility index (Phi) is 7.47. The summed E-state index contributed by atoms with van der Waals surface area (Å²) in [6, 6.07) is 20.9. The number of rotatable bonds is 9. The van der Waals surface area contributed by atoms with Crippen LogP contribution in [0.5, 0.6) is 5.75 Å². The van der Waals surface area contributed by atoms with E-state index >= 15 is 0 Å². The average Bonchev–Trinajstić information content (AvgIpc) is 2.71. The molecule has 0 aliphatic heterocycles. The highest BCUT2D eigenvalue weighted by molar-refractivity contribution is 6.33. The highest BCUT2D eigenvalue weighted by Crippen LogP contribution is 2.30. The lowest BCUT2D eigenvalue weighted by Crippen LogP contribution is -2.33. The summed E-state index contributed by atoms with van der Waals surface area (Å²) in [7, 11) is 0. The van der Waals surface area contributed by atoms with E-state index in [-0.39, 0.29) is 24.2 Å². The number of phenolic OH excluding ortho intramolecular Hbond substituents is 1. The molecule has 3 rings (SSSR count). The second kappa shape index (κ2) is 10.3. The van der Waals surface area contributed by atoms with Gasteiger partial charge in [0.05, 0.1) is 23.4 Å². The Hall–Kier alpha value is -2.60. The second-order valence-electron chi connectivity index (χ2n) is 6.86. The van der Waals surface area contributed by atoms with E-state index in [1.54, 1.807) is 24.3 Å². The summed E-state index contributed by atoms with van der Waals surface area (Å²) in [5.41, 5.74) is 2.70. The molecule has 3 aromatic rings. The van der Waals surface area contributed by atoms with Crippen molar-refractivity contribution in [1.29, 1.82) is 0 Å². The molecule has 0 bridgehead atoms. The SMILES string of the molecule is OCCN(Cc1ccccc1)C[C@H](Nc1ccc(O)cc1Cl)c1ccc(F)cc1. The van der Waals surface area contributed by atoms with Crippen molar-refractivity contribution in [2.24, 2.45) is 0 Å². The van der Waals surface area contributed by atoms with Crippen LogP contribution in [0.2, 0.25) is 5.02 Å². The third kappa shape index (κ3) is 6.19. The minimum absolute atomic E-state index is 0.0307. The third-order valence-electron chi connectivity index (χ3n) is 4.66. The number of benzene rings is 3. The topological polar surface area (TPSA) is 55.7 Å². The first-order chi connectivity index (χ1) is 14.0. The number of hydrogen-bond acceptors (Lipinski definition) is 4. The minimum atomic E-state index is -0.299. The zero-order chi connectivity index (χ0) is 20.6. The number of halogens is 2. The van der Waals surface area contributed by atoms with E-state index in [4.69, 9.17) is 11.6 Å². The smallest absolute Gasteiger partial charge is 0.123 e. The minimum Gasteiger partial charge on any atom is -0.508 e. The highest BCUT2D eigenvalue weighted by atomic mass is 35.5. The fraction of sp³-hybridized carbons (Fsp3) is 0.217. The molecule has 29 heavy (non-hydrogen) atoms. The maximum atomic E-state index is 13.4. The third-order valence-corrected chi connectivity index (χ3v) is 4.97. The summed E-state index contributed by atoms with van der Waals surface area (Å²) in [5.74, 6) is -0.212. The lowest BCUT2D eigenvalue weighted by molar-refractivity contribution is 0.185.